The molecule has 0 aliphatic rings. The van der Waals surface area contributed by atoms with Crippen molar-refractivity contribution in [1.82, 2.24) is 0 Å². The maximum Gasteiger partial charge on any atom is 0.368 e. The molecule has 0 fully saturated rings. The van der Waals surface area contributed by atoms with E-state index >= 15 is 0 Å². The van der Waals surface area contributed by atoms with Crippen molar-refractivity contribution in [1.29, 1.82) is 0 Å². The fraction of sp³-hybridized carbons (Fsp3) is 0.211. The summed E-state index contributed by atoms with van der Waals surface area (Å²) in [4.78, 5) is 0. The van der Waals surface area contributed by atoms with Crippen molar-refractivity contribution in [2.45, 2.75) is 6.92 Å². The lowest BCUT2D eigenvalue weighted by Crippen LogP contribution is -1.92. The predicted molar refractivity (Wildman–Crippen MR) is 90.5 cm³/mol. The second-order valence-electron chi connectivity index (χ2n) is 5.21. The van der Waals surface area contributed by atoms with Gasteiger partial charge in [-0.25, -0.2) is 4.42 Å². The molecule has 23 heavy (non-hydrogen) atoms. The van der Waals surface area contributed by atoms with E-state index in [1.807, 2.05) is 49.4 Å². The van der Waals surface area contributed by atoms with Gasteiger partial charge in [-0.2, -0.15) is 0 Å². The average molecular weight is 311 g/mol. The smallest absolute Gasteiger partial charge is 0.368 e. The molecular weight excluding hydrogens is 292 g/mol. The second kappa shape index (κ2) is 6.16. The molecule has 0 radical (unpaired) electrons. The van der Waals surface area contributed by atoms with E-state index in [9.17, 15) is 0 Å². The first-order valence-corrected chi connectivity index (χ1v) is 7.30. The zero-order valence-corrected chi connectivity index (χ0v) is 13.7. The first-order valence-electron chi connectivity index (χ1n) is 7.30. The molecule has 4 heteroatoms. The molecule has 0 bridgehead atoms. The van der Waals surface area contributed by atoms with Gasteiger partial charge < -0.3 is 14.2 Å². The molecular formula is C19H19O4+. The summed E-state index contributed by atoms with van der Waals surface area (Å²) in [5.41, 5.74) is 0.978. The summed E-state index contributed by atoms with van der Waals surface area (Å²) in [5.74, 6) is 3.81. The van der Waals surface area contributed by atoms with Gasteiger partial charge in [0.05, 0.1) is 39.2 Å². The fourth-order valence-electron chi connectivity index (χ4n) is 2.63. The quantitative estimate of drug-likeness (QED) is 0.654. The third-order valence-electron chi connectivity index (χ3n) is 3.77. The second-order valence-corrected chi connectivity index (χ2v) is 5.21. The van der Waals surface area contributed by atoms with E-state index in [2.05, 4.69) is 0 Å². The molecule has 0 saturated heterocycles. The normalized spacial score (nSPS) is 10.6. The lowest BCUT2D eigenvalue weighted by Gasteiger charge is -2.08. The van der Waals surface area contributed by atoms with Gasteiger partial charge in [-0.1, -0.05) is 0 Å². The Bertz CT molecular complexity index is 838. The lowest BCUT2D eigenvalue weighted by molar-refractivity contribution is 0.355. The third-order valence-corrected chi connectivity index (χ3v) is 3.77. The Labute approximate surface area is 135 Å². The van der Waals surface area contributed by atoms with Crippen molar-refractivity contribution in [2.24, 2.45) is 0 Å². The molecule has 1 heterocycles. The molecule has 0 aliphatic heterocycles. The van der Waals surface area contributed by atoms with Crippen LogP contribution in [0.2, 0.25) is 0 Å². The highest BCUT2D eigenvalue weighted by Crippen LogP contribution is 2.38. The predicted octanol–water partition coefficient (Wildman–Crippen LogP) is 4.72. The van der Waals surface area contributed by atoms with Gasteiger partial charge in [0.1, 0.15) is 5.75 Å². The molecule has 0 saturated carbocycles. The summed E-state index contributed by atoms with van der Waals surface area (Å²) in [7, 11) is 4.91. The van der Waals surface area contributed by atoms with Gasteiger partial charge in [0.2, 0.25) is 0 Å². The van der Waals surface area contributed by atoms with Crippen LogP contribution in [0.1, 0.15) is 5.76 Å². The average Bonchev–Trinajstić information content (AvgIpc) is 2.59. The number of fused-ring (bicyclic) bond motifs is 1. The van der Waals surface area contributed by atoms with Gasteiger partial charge in [-0.3, -0.25) is 0 Å². The first-order chi connectivity index (χ1) is 11.2. The maximum atomic E-state index is 5.99. The number of benzene rings is 2. The van der Waals surface area contributed by atoms with Crippen LogP contribution < -0.4 is 14.2 Å². The Balaban J connectivity index is 2.25. The van der Waals surface area contributed by atoms with Gasteiger partial charge in [-0.15, -0.1) is 0 Å². The van der Waals surface area contributed by atoms with Crippen LogP contribution in [0.5, 0.6) is 17.2 Å². The Morgan fingerprint density at radius 2 is 1.43 bits per heavy atom. The van der Waals surface area contributed by atoms with Crippen molar-refractivity contribution < 1.29 is 18.6 Å². The Kier molecular flexibility index (Phi) is 4.06. The monoisotopic (exact) mass is 311 g/mol. The molecule has 3 rings (SSSR count). The number of hydrogen-bond donors (Lipinski definition) is 0. The highest BCUT2D eigenvalue weighted by molar-refractivity contribution is 5.96. The van der Waals surface area contributed by atoms with Gasteiger partial charge in [0, 0.05) is 17.5 Å². The van der Waals surface area contributed by atoms with Crippen LogP contribution in [0.15, 0.2) is 46.9 Å². The molecule has 118 valence electrons. The van der Waals surface area contributed by atoms with E-state index in [4.69, 9.17) is 18.6 Å². The molecule has 0 spiro atoms. The summed E-state index contributed by atoms with van der Waals surface area (Å²) >= 11 is 0. The summed E-state index contributed by atoms with van der Waals surface area (Å²) in [6, 6.07) is 13.7. The van der Waals surface area contributed by atoms with Crippen LogP contribution >= 0.6 is 0 Å². The van der Waals surface area contributed by atoms with E-state index < -0.39 is 0 Å². The zero-order valence-electron chi connectivity index (χ0n) is 13.7. The third kappa shape index (κ3) is 2.80. The van der Waals surface area contributed by atoms with Crippen molar-refractivity contribution in [3.8, 4) is 28.6 Å². The van der Waals surface area contributed by atoms with E-state index in [1.54, 1.807) is 21.3 Å². The molecule has 0 aliphatic carbocycles. The number of rotatable bonds is 4. The van der Waals surface area contributed by atoms with Crippen molar-refractivity contribution in [3.63, 3.8) is 0 Å². The molecule has 0 N–H and O–H groups in total. The standard InChI is InChI=1S/C19H19O4/c1-12-9-14-10-17(21-3)18(22-4)11-16(14)19(23-12)13-5-7-15(20-2)8-6-13/h5-11H,1-4H3/q+1. The minimum absolute atomic E-state index is 0.675. The Morgan fingerprint density at radius 3 is 2.04 bits per heavy atom. The first kappa shape index (κ1) is 15.2. The molecule has 0 atom stereocenters. The molecule has 4 nitrogen and oxygen atoms in total. The molecule has 2 aromatic carbocycles. The van der Waals surface area contributed by atoms with Crippen LogP contribution in [0.4, 0.5) is 0 Å². The minimum Gasteiger partial charge on any atom is -0.497 e. The van der Waals surface area contributed by atoms with Crippen molar-refractivity contribution in [2.75, 3.05) is 21.3 Å². The number of methoxy groups -OCH3 is 3. The van der Waals surface area contributed by atoms with Crippen molar-refractivity contribution in [3.05, 3.63) is 48.2 Å². The van der Waals surface area contributed by atoms with E-state index in [0.717, 1.165) is 33.6 Å². The maximum absolute atomic E-state index is 5.99. The lowest BCUT2D eigenvalue weighted by atomic mass is 10.0. The number of aryl methyl sites for hydroxylation is 1. The largest absolute Gasteiger partial charge is 0.497 e. The highest BCUT2D eigenvalue weighted by Gasteiger charge is 2.21. The van der Waals surface area contributed by atoms with Crippen LogP contribution in [-0.4, -0.2) is 21.3 Å². The van der Waals surface area contributed by atoms with Crippen LogP contribution in [0.3, 0.4) is 0 Å². The molecule has 1 aromatic heterocycles. The molecule has 3 aromatic rings. The summed E-state index contributed by atoms with van der Waals surface area (Å²) in [6.07, 6.45) is 0. The van der Waals surface area contributed by atoms with E-state index in [-0.39, 0.29) is 0 Å². The van der Waals surface area contributed by atoms with Crippen LogP contribution in [0.25, 0.3) is 22.1 Å². The van der Waals surface area contributed by atoms with Gasteiger partial charge in [-0.05, 0) is 30.3 Å². The van der Waals surface area contributed by atoms with Gasteiger partial charge in [0.25, 0.3) is 0 Å². The Hall–Kier alpha value is -2.75. The zero-order chi connectivity index (χ0) is 16.4. The van der Waals surface area contributed by atoms with Crippen LogP contribution in [0, 0.1) is 6.92 Å². The molecule has 0 unspecified atom stereocenters. The fourth-order valence-corrected chi connectivity index (χ4v) is 2.63. The van der Waals surface area contributed by atoms with Crippen molar-refractivity contribution >= 4 is 10.8 Å². The highest BCUT2D eigenvalue weighted by atomic mass is 16.5. The van der Waals surface area contributed by atoms with Gasteiger partial charge in [0.15, 0.2) is 11.5 Å². The molecule has 0 amide bonds. The summed E-state index contributed by atoms with van der Waals surface area (Å²) < 4.78 is 22.0. The van der Waals surface area contributed by atoms with E-state index in [1.165, 1.54) is 0 Å². The van der Waals surface area contributed by atoms with E-state index in [0.29, 0.717) is 11.5 Å². The van der Waals surface area contributed by atoms with Crippen LogP contribution in [-0.2, 0) is 0 Å². The number of ether oxygens (including phenoxy) is 3. The minimum atomic E-state index is 0.675. The summed E-state index contributed by atoms with van der Waals surface area (Å²) in [6.45, 7) is 1.93. The Morgan fingerprint density at radius 1 is 0.783 bits per heavy atom. The summed E-state index contributed by atoms with van der Waals surface area (Å²) in [5, 5.41) is 2.01. The SMILES string of the molecule is COc1ccc(-c2[o+]c(C)cc3cc(OC)c(OC)cc23)cc1. The topological polar surface area (TPSA) is 39.0 Å². The van der Waals surface area contributed by atoms with Gasteiger partial charge >= 0.3 is 11.5 Å². The number of hydrogen-bond acceptors (Lipinski definition) is 3.